The minimum atomic E-state index is -0.996. The van der Waals surface area contributed by atoms with E-state index in [-0.39, 0.29) is 12.5 Å². The minimum Gasteiger partial charge on any atom is -0.481 e. The van der Waals surface area contributed by atoms with Crippen molar-refractivity contribution in [3.63, 3.8) is 0 Å². The van der Waals surface area contributed by atoms with E-state index in [4.69, 9.17) is 0 Å². The van der Waals surface area contributed by atoms with E-state index in [1.165, 1.54) is 5.56 Å². The minimum absolute atomic E-state index is 0.0604. The molecule has 3 atom stereocenters. The lowest BCUT2D eigenvalue weighted by Gasteiger charge is -2.29. The number of carbonyl (C=O) groups is 1. The highest BCUT2D eigenvalue weighted by Gasteiger charge is 2.44. The molecule has 18 heavy (non-hydrogen) atoms. The number of rotatable bonds is 4. The van der Waals surface area contributed by atoms with E-state index in [0.29, 0.717) is 5.92 Å². The molecule has 0 amide bonds. The average Bonchev–Trinajstić information content (AvgIpc) is 2.88. The van der Waals surface area contributed by atoms with Crippen LogP contribution in [-0.2, 0) is 4.79 Å². The molecule has 98 valence electrons. The summed E-state index contributed by atoms with van der Waals surface area (Å²) in [5, 5.41) is 18.7. The van der Waals surface area contributed by atoms with Gasteiger partial charge in [0.15, 0.2) is 0 Å². The van der Waals surface area contributed by atoms with E-state index in [0.717, 1.165) is 19.3 Å². The first-order valence-corrected chi connectivity index (χ1v) is 6.47. The molecule has 2 N–H and O–H groups in total. The number of aliphatic hydroxyl groups is 1. The van der Waals surface area contributed by atoms with Gasteiger partial charge in [0.1, 0.15) is 0 Å². The smallest absolute Gasteiger partial charge is 0.311 e. The predicted molar refractivity (Wildman–Crippen MR) is 69.4 cm³/mol. The predicted octanol–water partition coefficient (Wildman–Crippen LogP) is 2.65. The van der Waals surface area contributed by atoms with Crippen molar-refractivity contribution in [2.75, 3.05) is 6.61 Å². The first-order valence-electron chi connectivity index (χ1n) is 6.47. The molecule has 1 aliphatic rings. The van der Waals surface area contributed by atoms with Gasteiger partial charge in [0.05, 0.1) is 12.0 Å². The van der Waals surface area contributed by atoms with Crippen LogP contribution in [0.25, 0.3) is 0 Å². The van der Waals surface area contributed by atoms with Crippen LogP contribution in [0, 0.1) is 11.3 Å². The van der Waals surface area contributed by atoms with Crippen molar-refractivity contribution in [2.24, 2.45) is 11.3 Å². The van der Waals surface area contributed by atoms with E-state index in [2.05, 4.69) is 12.1 Å². The zero-order valence-corrected chi connectivity index (χ0v) is 10.7. The molecule has 0 saturated heterocycles. The zero-order chi connectivity index (χ0) is 13.2. The van der Waals surface area contributed by atoms with Gasteiger partial charge in [0.25, 0.3) is 0 Å². The van der Waals surface area contributed by atoms with Crippen molar-refractivity contribution in [1.82, 2.24) is 0 Å². The molecule has 3 unspecified atom stereocenters. The molecule has 0 aliphatic heterocycles. The third-order valence-electron chi connectivity index (χ3n) is 4.42. The second-order valence-electron chi connectivity index (χ2n) is 5.50. The van der Waals surface area contributed by atoms with Gasteiger partial charge in [-0.05, 0) is 43.6 Å². The van der Waals surface area contributed by atoms with Gasteiger partial charge in [-0.3, -0.25) is 4.79 Å². The average molecular weight is 248 g/mol. The molecule has 1 aliphatic carbocycles. The molecular formula is C15H20O3. The standard InChI is InChI=1S/C15H20O3/c1-15(10-16,14(17)18)13-8-7-12(9-13)11-5-3-2-4-6-11/h2-6,12-13,16H,7-10H2,1H3,(H,17,18). The number of aliphatic hydroxyl groups excluding tert-OH is 1. The Morgan fingerprint density at radius 2 is 2.00 bits per heavy atom. The molecule has 1 aromatic carbocycles. The molecule has 0 aromatic heterocycles. The lowest BCUT2D eigenvalue weighted by atomic mass is 9.76. The fourth-order valence-corrected chi connectivity index (χ4v) is 2.96. The second kappa shape index (κ2) is 5.11. The monoisotopic (exact) mass is 248 g/mol. The summed E-state index contributed by atoms with van der Waals surface area (Å²) in [5.41, 5.74) is 0.287. The Morgan fingerprint density at radius 3 is 2.56 bits per heavy atom. The van der Waals surface area contributed by atoms with Crippen LogP contribution in [0.4, 0.5) is 0 Å². The van der Waals surface area contributed by atoms with Crippen LogP contribution < -0.4 is 0 Å². The summed E-state index contributed by atoms with van der Waals surface area (Å²) in [5.74, 6) is -0.393. The lowest BCUT2D eigenvalue weighted by Crippen LogP contribution is -2.38. The van der Waals surface area contributed by atoms with E-state index in [1.807, 2.05) is 18.2 Å². The Morgan fingerprint density at radius 1 is 1.33 bits per heavy atom. The lowest BCUT2D eigenvalue weighted by molar-refractivity contribution is -0.154. The summed E-state index contributed by atoms with van der Waals surface area (Å²) >= 11 is 0. The van der Waals surface area contributed by atoms with Gasteiger partial charge >= 0.3 is 5.97 Å². The van der Waals surface area contributed by atoms with Gasteiger partial charge in [-0.25, -0.2) is 0 Å². The summed E-state index contributed by atoms with van der Waals surface area (Å²) in [6.45, 7) is 1.38. The van der Waals surface area contributed by atoms with Gasteiger partial charge < -0.3 is 10.2 Å². The summed E-state index contributed by atoms with van der Waals surface area (Å²) in [6, 6.07) is 10.2. The number of hydrogen-bond acceptors (Lipinski definition) is 2. The van der Waals surface area contributed by atoms with Gasteiger partial charge in [0.2, 0.25) is 0 Å². The topological polar surface area (TPSA) is 57.5 Å². The second-order valence-corrected chi connectivity index (χ2v) is 5.50. The van der Waals surface area contributed by atoms with Crippen LogP contribution in [0.3, 0.4) is 0 Å². The quantitative estimate of drug-likeness (QED) is 0.861. The fourth-order valence-electron chi connectivity index (χ4n) is 2.96. The Bertz CT molecular complexity index is 415. The van der Waals surface area contributed by atoms with Gasteiger partial charge in [-0.2, -0.15) is 0 Å². The SMILES string of the molecule is CC(CO)(C(=O)O)C1CCC(c2ccccc2)C1. The maximum absolute atomic E-state index is 11.3. The van der Waals surface area contributed by atoms with Crippen LogP contribution in [-0.4, -0.2) is 22.8 Å². The van der Waals surface area contributed by atoms with Crippen molar-refractivity contribution >= 4 is 5.97 Å². The number of carboxylic acid groups (broad SMARTS) is 1. The summed E-state index contributed by atoms with van der Waals surface area (Å²) < 4.78 is 0. The molecule has 3 heteroatoms. The molecule has 0 heterocycles. The van der Waals surface area contributed by atoms with Crippen LogP contribution in [0.15, 0.2) is 30.3 Å². The first-order chi connectivity index (χ1) is 8.58. The van der Waals surface area contributed by atoms with Gasteiger partial charge in [0, 0.05) is 0 Å². The third-order valence-corrected chi connectivity index (χ3v) is 4.42. The Balaban J connectivity index is 2.11. The number of benzene rings is 1. The van der Waals surface area contributed by atoms with Crippen molar-refractivity contribution in [3.8, 4) is 0 Å². The summed E-state index contributed by atoms with van der Waals surface area (Å²) in [4.78, 5) is 11.3. The zero-order valence-electron chi connectivity index (χ0n) is 10.7. The van der Waals surface area contributed by atoms with E-state index in [9.17, 15) is 15.0 Å². The van der Waals surface area contributed by atoms with E-state index < -0.39 is 11.4 Å². The normalized spacial score (nSPS) is 26.8. The first kappa shape index (κ1) is 13.1. The molecular weight excluding hydrogens is 228 g/mol. The summed E-state index contributed by atoms with van der Waals surface area (Å²) in [7, 11) is 0. The van der Waals surface area contributed by atoms with Gasteiger partial charge in [-0.1, -0.05) is 30.3 Å². The molecule has 2 rings (SSSR count). The largest absolute Gasteiger partial charge is 0.481 e. The molecule has 1 fully saturated rings. The molecule has 0 radical (unpaired) electrons. The Labute approximate surface area is 107 Å². The third kappa shape index (κ3) is 2.27. The number of carboxylic acids is 1. The highest BCUT2D eigenvalue weighted by molar-refractivity contribution is 5.74. The highest BCUT2D eigenvalue weighted by Crippen LogP contribution is 2.46. The number of aliphatic carboxylic acids is 1. The van der Waals surface area contributed by atoms with Crippen molar-refractivity contribution in [1.29, 1.82) is 0 Å². The number of hydrogen-bond donors (Lipinski definition) is 2. The molecule has 3 nitrogen and oxygen atoms in total. The van der Waals surface area contributed by atoms with E-state index in [1.54, 1.807) is 6.92 Å². The van der Waals surface area contributed by atoms with Crippen LogP contribution >= 0.6 is 0 Å². The molecule has 0 bridgehead atoms. The maximum atomic E-state index is 11.3. The maximum Gasteiger partial charge on any atom is 0.311 e. The molecule has 1 saturated carbocycles. The summed E-state index contributed by atoms with van der Waals surface area (Å²) in [6.07, 6.45) is 2.74. The Hall–Kier alpha value is -1.35. The van der Waals surface area contributed by atoms with Crippen LogP contribution in [0.5, 0.6) is 0 Å². The van der Waals surface area contributed by atoms with Crippen molar-refractivity contribution < 1.29 is 15.0 Å². The molecule has 1 aromatic rings. The fraction of sp³-hybridized carbons (Fsp3) is 0.533. The van der Waals surface area contributed by atoms with Crippen LogP contribution in [0.1, 0.15) is 37.7 Å². The van der Waals surface area contributed by atoms with Crippen LogP contribution in [0.2, 0.25) is 0 Å². The van der Waals surface area contributed by atoms with Gasteiger partial charge in [-0.15, -0.1) is 0 Å². The van der Waals surface area contributed by atoms with E-state index >= 15 is 0 Å². The molecule has 0 spiro atoms. The highest BCUT2D eigenvalue weighted by atomic mass is 16.4. The van der Waals surface area contributed by atoms with Crippen molar-refractivity contribution in [2.45, 2.75) is 32.1 Å². The Kier molecular flexibility index (Phi) is 3.71. The van der Waals surface area contributed by atoms with Crippen molar-refractivity contribution in [3.05, 3.63) is 35.9 Å².